The first-order chi connectivity index (χ1) is 7.57. The Balaban J connectivity index is 2.87. The van der Waals surface area contributed by atoms with Gasteiger partial charge in [-0.2, -0.15) is 0 Å². The molecule has 2 aromatic rings. The van der Waals surface area contributed by atoms with Gasteiger partial charge in [0.2, 0.25) is 0 Å². The Morgan fingerprint density at radius 1 is 1.50 bits per heavy atom. The van der Waals surface area contributed by atoms with Crippen molar-refractivity contribution in [3.8, 4) is 0 Å². The molecule has 0 spiro atoms. The number of anilines is 1. The molecule has 1 heterocycles. The molecule has 0 saturated carbocycles. The Morgan fingerprint density at radius 2 is 2.19 bits per heavy atom. The monoisotopic (exact) mass is 238 g/mol. The molecular weight excluding hydrogens is 228 g/mol. The van der Waals surface area contributed by atoms with Crippen molar-refractivity contribution >= 4 is 34.2 Å². The zero-order valence-electron chi connectivity index (χ0n) is 8.95. The Labute approximate surface area is 97.5 Å². The fourth-order valence-corrected chi connectivity index (χ4v) is 2.09. The van der Waals surface area contributed by atoms with Gasteiger partial charge >= 0.3 is 5.97 Å². The minimum atomic E-state index is -0.465. The number of methoxy groups -OCH3 is 1. The zero-order chi connectivity index (χ0) is 11.9. The number of rotatable bonds is 1. The second-order valence-electron chi connectivity index (χ2n) is 3.45. The lowest BCUT2D eigenvalue weighted by Gasteiger charge is -2.02. The molecule has 16 heavy (non-hydrogen) atoms. The highest BCUT2D eigenvalue weighted by Crippen LogP contribution is 2.33. The van der Waals surface area contributed by atoms with Crippen molar-refractivity contribution in [3.05, 3.63) is 28.9 Å². The number of nitrogen functional groups attached to an aromatic ring is 1. The van der Waals surface area contributed by atoms with E-state index in [9.17, 15) is 4.79 Å². The van der Waals surface area contributed by atoms with Gasteiger partial charge in [-0.15, -0.1) is 0 Å². The van der Waals surface area contributed by atoms with Crippen molar-refractivity contribution in [3.63, 3.8) is 0 Å². The van der Waals surface area contributed by atoms with Crippen LogP contribution < -0.4 is 5.73 Å². The molecule has 0 fully saturated rings. The van der Waals surface area contributed by atoms with Crippen LogP contribution >= 0.6 is 11.6 Å². The lowest BCUT2D eigenvalue weighted by atomic mass is 10.2. The fourth-order valence-electron chi connectivity index (χ4n) is 1.82. The van der Waals surface area contributed by atoms with Gasteiger partial charge in [0.05, 0.1) is 23.3 Å². The van der Waals surface area contributed by atoms with Gasteiger partial charge in [0.25, 0.3) is 0 Å². The van der Waals surface area contributed by atoms with E-state index in [1.165, 1.54) is 7.11 Å². The van der Waals surface area contributed by atoms with Crippen LogP contribution in [-0.2, 0) is 11.8 Å². The van der Waals surface area contributed by atoms with Gasteiger partial charge in [0.15, 0.2) is 5.69 Å². The number of carbonyl (C=O) groups is 1. The molecule has 5 heteroatoms. The fraction of sp³-hybridized carbons (Fsp3) is 0.182. The number of hydrogen-bond donors (Lipinski definition) is 1. The number of carbonyl (C=O) groups excluding carboxylic acids is 1. The van der Waals surface area contributed by atoms with Crippen LogP contribution in [0.5, 0.6) is 0 Å². The molecular formula is C11H11ClN2O2. The molecule has 1 aromatic heterocycles. The van der Waals surface area contributed by atoms with E-state index in [0.29, 0.717) is 21.8 Å². The second kappa shape index (κ2) is 3.72. The molecule has 0 saturated heterocycles. The standard InChI is InChI=1S/C11H11ClN2O2/c1-14-7-5-3-4-6(12)8(7)9(13)10(14)11(15)16-2/h3-5H,13H2,1-2H3. The summed E-state index contributed by atoms with van der Waals surface area (Å²) in [5.41, 5.74) is 7.40. The summed E-state index contributed by atoms with van der Waals surface area (Å²) in [4.78, 5) is 11.6. The summed E-state index contributed by atoms with van der Waals surface area (Å²) in [7, 11) is 3.07. The highest BCUT2D eigenvalue weighted by molar-refractivity contribution is 6.37. The largest absolute Gasteiger partial charge is 0.464 e. The lowest BCUT2D eigenvalue weighted by molar-refractivity contribution is 0.0592. The van der Waals surface area contributed by atoms with Gasteiger partial charge in [-0.05, 0) is 12.1 Å². The van der Waals surface area contributed by atoms with Crippen molar-refractivity contribution in [2.75, 3.05) is 12.8 Å². The van der Waals surface area contributed by atoms with E-state index in [-0.39, 0.29) is 0 Å². The van der Waals surface area contributed by atoms with Gasteiger partial charge < -0.3 is 15.0 Å². The Hall–Kier alpha value is -1.68. The van der Waals surface area contributed by atoms with Crippen molar-refractivity contribution < 1.29 is 9.53 Å². The summed E-state index contributed by atoms with van der Waals surface area (Å²) >= 11 is 6.05. The summed E-state index contributed by atoms with van der Waals surface area (Å²) in [6.07, 6.45) is 0. The Morgan fingerprint density at radius 3 is 2.75 bits per heavy atom. The maximum Gasteiger partial charge on any atom is 0.356 e. The van der Waals surface area contributed by atoms with Crippen molar-refractivity contribution in [2.45, 2.75) is 0 Å². The minimum absolute atomic E-state index is 0.325. The molecule has 0 aliphatic heterocycles. The van der Waals surface area contributed by atoms with Crippen molar-refractivity contribution in [1.82, 2.24) is 4.57 Å². The molecule has 0 aliphatic rings. The van der Waals surface area contributed by atoms with Crippen LogP contribution in [-0.4, -0.2) is 17.6 Å². The molecule has 0 atom stereocenters. The molecule has 0 radical (unpaired) electrons. The van der Waals surface area contributed by atoms with Crippen molar-refractivity contribution in [1.29, 1.82) is 0 Å². The van der Waals surface area contributed by atoms with Crippen LogP contribution in [0.3, 0.4) is 0 Å². The first-order valence-corrected chi connectivity index (χ1v) is 5.06. The van der Waals surface area contributed by atoms with E-state index in [1.807, 2.05) is 12.1 Å². The number of esters is 1. The summed E-state index contributed by atoms with van der Waals surface area (Å²) in [5, 5.41) is 1.22. The molecule has 0 amide bonds. The molecule has 0 bridgehead atoms. The predicted octanol–water partition coefficient (Wildman–Crippen LogP) is 2.20. The van der Waals surface area contributed by atoms with E-state index < -0.39 is 5.97 Å². The number of ether oxygens (including phenoxy) is 1. The van der Waals surface area contributed by atoms with Crippen LogP contribution in [0.25, 0.3) is 10.9 Å². The topological polar surface area (TPSA) is 57.2 Å². The normalized spacial score (nSPS) is 10.7. The number of benzene rings is 1. The quantitative estimate of drug-likeness (QED) is 0.775. The van der Waals surface area contributed by atoms with Crippen LogP contribution in [0.2, 0.25) is 5.02 Å². The third-order valence-corrected chi connectivity index (χ3v) is 2.91. The summed E-state index contributed by atoms with van der Waals surface area (Å²) in [5.74, 6) is -0.465. The number of aromatic nitrogens is 1. The number of fused-ring (bicyclic) bond motifs is 1. The second-order valence-corrected chi connectivity index (χ2v) is 3.85. The smallest absolute Gasteiger partial charge is 0.356 e. The average Bonchev–Trinajstić information content (AvgIpc) is 2.52. The van der Waals surface area contributed by atoms with Gasteiger partial charge in [0.1, 0.15) is 0 Å². The highest BCUT2D eigenvalue weighted by atomic mass is 35.5. The minimum Gasteiger partial charge on any atom is -0.464 e. The molecule has 1 aromatic carbocycles. The van der Waals surface area contributed by atoms with Crippen LogP contribution in [0.4, 0.5) is 5.69 Å². The van der Waals surface area contributed by atoms with Gasteiger partial charge in [-0.25, -0.2) is 4.79 Å². The number of nitrogens with zero attached hydrogens (tertiary/aromatic N) is 1. The average molecular weight is 239 g/mol. The maximum absolute atomic E-state index is 11.6. The molecule has 2 N–H and O–H groups in total. The summed E-state index contributed by atoms with van der Waals surface area (Å²) in [6, 6.07) is 5.40. The SMILES string of the molecule is COC(=O)c1c(N)c2c(Cl)cccc2n1C. The molecule has 0 unspecified atom stereocenters. The maximum atomic E-state index is 11.6. The van der Waals surface area contributed by atoms with Crippen LogP contribution in [0.15, 0.2) is 18.2 Å². The first kappa shape index (κ1) is 10.8. The van der Waals surface area contributed by atoms with E-state index >= 15 is 0 Å². The first-order valence-electron chi connectivity index (χ1n) is 4.68. The van der Waals surface area contributed by atoms with E-state index in [1.54, 1.807) is 17.7 Å². The van der Waals surface area contributed by atoms with Crippen LogP contribution in [0.1, 0.15) is 10.5 Å². The van der Waals surface area contributed by atoms with E-state index in [2.05, 4.69) is 4.74 Å². The van der Waals surface area contributed by atoms with Crippen molar-refractivity contribution in [2.24, 2.45) is 7.05 Å². The number of aryl methyl sites for hydroxylation is 1. The lowest BCUT2D eigenvalue weighted by Crippen LogP contribution is -2.09. The van der Waals surface area contributed by atoms with Gasteiger partial charge in [-0.1, -0.05) is 17.7 Å². The zero-order valence-corrected chi connectivity index (χ0v) is 9.71. The van der Waals surface area contributed by atoms with E-state index in [4.69, 9.17) is 17.3 Å². The molecule has 84 valence electrons. The third kappa shape index (κ3) is 1.34. The summed E-state index contributed by atoms with van der Waals surface area (Å²) < 4.78 is 6.37. The van der Waals surface area contributed by atoms with Gasteiger partial charge in [-0.3, -0.25) is 0 Å². The predicted molar refractivity (Wildman–Crippen MR) is 63.7 cm³/mol. The number of nitrogens with two attached hydrogens (primary N) is 1. The molecule has 2 rings (SSSR count). The number of halogens is 1. The van der Waals surface area contributed by atoms with E-state index in [0.717, 1.165) is 5.52 Å². The van der Waals surface area contributed by atoms with Crippen LogP contribution in [0, 0.1) is 0 Å². The highest BCUT2D eigenvalue weighted by Gasteiger charge is 2.20. The Bertz CT molecular complexity index is 575. The summed E-state index contributed by atoms with van der Waals surface area (Å²) in [6.45, 7) is 0. The Kier molecular flexibility index (Phi) is 2.52. The third-order valence-electron chi connectivity index (χ3n) is 2.59. The molecule has 0 aliphatic carbocycles. The van der Waals surface area contributed by atoms with Gasteiger partial charge in [0, 0.05) is 12.4 Å². The molecule has 4 nitrogen and oxygen atoms in total. The number of hydrogen-bond acceptors (Lipinski definition) is 3.